The third kappa shape index (κ3) is 24.5. The lowest BCUT2D eigenvalue weighted by molar-refractivity contribution is -0.438. The van der Waals surface area contributed by atoms with Gasteiger partial charge in [0.05, 0.1) is 57.1 Å². The van der Waals surface area contributed by atoms with Crippen LogP contribution in [0, 0.1) is 5.41 Å². The summed E-state index contributed by atoms with van der Waals surface area (Å²) in [6, 6.07) is 10.1. The van der Waals surface area contributed by atoms with Gasteiger partial charge in [0, 0.05) is 150 Å². The molecule has 0 aliphatic carbocycles. The van der Waals surface area contributed by atoms with Crippen molar-refractivity contribution in [2.24, 2.45) is 11.5 Å². The molecule has 47 heteroatoms. The standard InChI is InChI=1S/C78H100N14O27S6/c1-77(2)64(88(36-12-38-120-116-112-102)57-26-23-50-52(68(57)77)40-48(124(106,107)108)42-62(50)122-118-114-104)28-21-46(22-29-65-78(3,4)69-53-41-49(125(109,110)111)43-63(123-119-115-105)51(53)24-27-58(69)89(65)37-13-39-121-117-113-103)54-25-20-47(45-85-54)70(95)82-30-6-5-14-56(75(100)101)86-66(93)19-8-31-83-71(96)59-16-10-34-91(59)74(99)61-18-11-35-92(61)73(98)55(15-7-32-84-76(80)81)87-72(97)60-17-9-33-90(60)67(94)44-79/h20-29,40-43,45,55-56,59-61H,5-19,30-39,44,79H2,1-4H3,(H14-,80,81,82,83,84,86,87,93,95,96,97,100,101,102,103,104,105,106,107,108,109,110,111)/p+1/t55-,56-,59-,60?,61-/m0/s1. The van der Waals surface area contributed by atoms with Crippen LogP contribution in [0.1, 0.15) is 151 Å². The summed E-state index contributed by atoms with van der Waals surface area (Å²) in [4.78, 5) is 119. The Bertz CT molecular complexity index is 5180. The number of nitrogens with two attached hydrogens (primary N) is 2. The zero-order valence-corrected chi connectivity index (χ0v) is 73.4. The monoisotopic (exact) mass is 1860 g/mol. The number of benzene rings is 4. The van der Waals surface area contributed by atoms with Gasteiger partial charge < -0.3 is 62.8 Å². The predicted octanol–water partition coefficient (Wildman–Crippen LogP) is 7.40. The van der Waals surface area contributed by atoms with E-state index in [1.165, 1.54) is 33.0 Å². The van der Waals surface area contributed by atoms with Crippen LogP contribution in [0.25, 0.3) is 27.1 Å². The summed E-state index contributed by atoms with van der Waals surface area (Å²) in [5, 5.41) is 84.7. The molecular formula is C78H101N14O27S6+. The number of anilines is 1. The Hall–Kier alpha value is -9.03. The van der Waals surface area contributed by atoms with E-state index in [-0.39, 0.29) is 112 Å². The lowest BCUT2D eigenvalue weighted by atomic mass is 9.79. The second kappa shape index (κ2) is 45.1. The Morgan fingerprint density at radius 3 is 1.84 bits per heavy atom. The molecule has 1 aromatic heterocycles. The van der Waals surface area contributed by atoms with Gasteiger partial charge in [-0.25, -0.2) is 25.8 Å². The highest BCUT2D eigenvalue weighted by Crippen LogP contribution is 2.53. The van der Waals surface area contributed by atoms with E-state index in [4.69, 9.17) is 60.2 Å². The minimum Gasteiger partial charge on any atom is -0.480 e. The third-order valence-electron chi connectivity index (χ3n) is 22.3. The Labute approximate surface area is 736 Å². The molecule has 17 N–H and O–H groups in total. The van der Waals surface area contributed by atoms with Crippen molar-refractivity contribution in [1.29, 1.82) is 5.41 Å². The summed E-state index contributed by atoms with van der Waals surface area (Å²) in [7, 11) is -9.72. The number of aromatic nitrogens is 1. The number of nitrogens with zero attached hydrogens (tertiary/aromatic N) is 6. The molecule has 0 saturated carbocycles. The molecule has 5 aliphatic rings. The Balaban J connectivity index is 0.831. The molecule has 41 nitrogen and oxygen atoms in total. The maximum absolute atomic E-state index is 14.4. The fourth-order valence-corrected chi connectivity index (χ4v) is 19.6. The molecule has 3 fully saturated rings. The SMILES string of the molecule is CC1(C)C(/C=C/C(=C/C=C2/N(CCCSOOO)c3ccc4c(SOOO)cc(S(=O)(=O)O)cc4c3C2(C)C)c2ccc(C(=O)NCCCC[C@H](NC(=O)CCCNC(=O)[C@@H]3CCCN3C(=O)[C@@H]3CCCN3C(=O)[C@H](CCCNC(=N)N)NC(=O)C3CCCN3C(=O)CN)C(=O)O)cn2)=[N+](CCCSOOO)c2ccc3c(SOOO)cc(S(=O)(=O)O)cc3c21. The number of amides is 7. The highest BCUT2D eigenvalue weighted by Gasteiger charge is 2.48. The van der Waals surface area contributed by atoms with Gasteiger partial charge in [0.15, 0.2) is 11.7 Å². The van der Waals surface area contributed by atoms with Crippen LogP contribution in [-0.2, 0) is 102 Å². The first-order valence-corrected chi connectivity index (χ1v) is 46.1. The first kappa shape index (κ1) is 98.2. The zero-order chi connectivity index (χ0) is 90.5. The Morgan fingerprint density at radius 2 is 1.23 bits per heavy atom. The molecule has 3 saturated heterocycles. The third-order valence-corrected chi connectivity index (χ3v) is 26.4. The molecule has 5 aliphatic heterocycles. The average molecular weight is 1860 g/mol. The lowest BCUT2D eigenvalue weighted by Gasteiger charge is -2.33. The highest BCUT2D eigenvalue weighted by molar-refractivity contribution is 7.95. The number of aliphatic carboxylic acids is 1. The van der Waals surface area contributed by atoms with Gasteiger partial charge in [0.2, 0.25) is 41.1 Å². The van der Waals surface area contributed by atoms with Gasteiger partial charge in [-0.05, 0) is 185 Å². The Morgan fingerprint density at radius 1 is 0.648 bits per heavy atom. The normalized spacial score (nSPS) is 18.3. The number of hydrogen-bond donors (Lipinski definition) is 15. The van der Waals surface area contributed by atoms with Gasteiger partial charge >= 0.3 is 5.97 Å². The number of unbranched alkanes of at least 4 members (excludes halogenated alkanes) is 1. The predicted molar refractivity (Wildman–Crippen MR) is 458 cm³/mol. The van der Waals surface area contributed by atoms with E-state index in [1.807, 2.05) is 61.5 Å². The number of carbonyl (C=O) groups excluding carboxylic acids is 7. The zero-order valence-electron chi connectivity index (χ0n) is 68.5. The van der Waals surface area contributed by atoms with Crippen LogP contribution in [0.4, 0.5) is 11.4 Å². The number of nitrogens with one attached hydrogen (secondary N) is 6. The largest absolute Gasteiger partial charge is 0.480 e. The number of likely N-dealkylation sites (tertiary alicyclic amines) is 3. The van der Waals surface area contributed by atoms with Crippen LogP contribution >= 0.6 is 48.2 Å². The first-order valence-electron chi connectivity index (χ1n) is 39.9. The van der Waals surface area contributed by atoms with Crippen LogP contribution in [0.5, 0.6) is 0 Å². The molecule has 6 heterocycles. The lowest BCUT2D eigenvalue weighted by Crippen LogP contribution is -2.58. The molecule has 5 atom stereocenters. The molecule has 0 radical (unpaired) electrons. The van der Waals surface area contributed by atoms with Crippen molar-refractivity contribution in [3.8, 4) is 0 Å². The second-order valence-corrected chi connectivity index (χ2v) is 36.7. The second-order valence-electron chi connectivity index (χ2n) is 30.8. The van der Waals surface area contributed by atoms with E-state index < -0.39 is 118 Å². The van der Waals surface area contributed by atoms with Gasteiger partial charge in [0.25, 0.3) is 26.1 Å². The molecule has 4 aromatic carbocycles. The summed E-state index contributed by atoms with van der Waals surface area (Å²) < 4.78 is 93.5. The van der Waals surface area contributed by atoms with Crippen molar-refractivity contribution >= 4 is 166 Å². The summed E-state index contributed by atoms with van der Waals surface area (Å²) in [6.45, 7) is 8.97. The molecule has 0 spiro atoms. The molecule has 7 amide bonds. The van der Waals surface area contributed by atoms with Crippen molar-refractivity contribution in [2.45, 2.75) is 185 Å². The van der Waals surface area contributed by atoms with Crippen LogP contribution in [0.3, 0.4) is 0 Å². The smallest absolute Gasteiger partial charge is 0.326 e. The number of guanidine groups is 1. The number of fused-ring (bicyclic) bond motifs is 6. The minimum absolute atomic E-state index is 0.00470. The fraction of sp³-hybridized carbons (Fsp3) is 0.474. The van der Waals surface area contributed by atoms with Crippen molar-refractivity contribution in [3.05, 3.63) is 119 Å². The van der Waals surface area contributed by atoms with Crippen molar-refractivity contribution in [1.82, 2.24) is 46.3 Å². The van der Waals surface area contributed by atoms with Gasteiger partial charge in [-0.2, -0.15) is 21.4 Å². The average Bonchev–Trinajstić information content (AvgIpc) is 1.58. The summed E-state index contributed by atoms with van der Waals surface area (Å²) >= 11 is 2.65. The first-order chi connectivity index (χ1) is 59.7. The van der Waals surface area contributed by atoms with E-state index in [0.717, 1.165) is 36.2 Å². The van der Waals surface area contributed by atoms with Crippen molar-refractivity contribution < 1.29 is 132 Å². The number of carboxylic acid groups (broad SMARTS) is 1. The van der Waals surface area contributed by atoms with E-state index in [0.29, 0.717) is 167 Å². The molecule has 1 unspecified atom stereocenters. The van der Waals surface area contributed by atoms with E-state index >= 15 is 0 Å². The molecule has 0 bridgehead atoms. The number of rotatable bonds is 46. The summed E-state index contributed by atoms with van der Waals surface area (Å²) in [5.74, 6) is -4.46. The van der Waals surface area contributed by atoms with Crippen LogP contribution in [-0.4, -0.2) is 236 Å². The summed E-state index contributed by atoms with van der Waals surface area (Å²) in [6.07, 6.45) is 12.8. The fourth-order valence-electron chi connectivity index (χ4n) is 16.6. The quantitative estimate of drug-likeness (QED) is 0.00208. The van der Waals surface area contributed by atoms with Crippen molar-refractivity contribution in [3.63, 3.8) is 0 Å². The number of carboxylic acids is 1. The number of allylic oxidation sites excluding steroid dienone is 6. The van der Waals surface area contributed by atoms with Crippen LogP contribution < -0.4 is 43.0 Å². The van der Waals surface area contributed by atoms with Crippen LogP contribution in [0.2, 0.25) is 0 Å². The topological polar surface area (TPSA) is 585 Å². The van der Waals surface area contributed by atoms with E-state index in [1.54, 1.807) is 36.4 Å². The van der Waals surface area contributed by atoms with Gasteiger partial charge in [-0.3, -0.25) is 53.1 Å². The maximum Gasteiger partial charge on any atom is 0.326 e. The highest BCUT2D eigenvalue weighted by atomic mass is 32.2. The van der Waals surface area contributed by atoms with Crippen molar-refractivity contribution in [2.75, 3.05) is 75.3 Å². The van der Waals surface area contributed by atoms with Crippen LogP contribution in [0.15, 0.2) is 116 Å². The van der Waals surface area contributed by atoms with Gasteiger partial charge in [0.1, 0.15) is 36.8 Å². The van der Waals surface area contributed by atoms with E-state index in [2.05, 4.69) is 46.7 Å². The molecular weight excluding hydrogens is 1760 g/mol. The molecule has 125 heavy (non-hydrogen) atoms. The minimum atomic E-state index is -4.86. The molecule has 5 aromatic rings. The van der Waals surface area contributed by atoms with Gasteiger partial charge in [-0.1, -0.05) is 46.1 Å². The van der Waals surface area contributed by atoms with Gasteiger partial charge in [-0.15, -0.1) is 17.3 Å². The maximum atomic E-state index is 14.4. The number of pyridine rings is 1. The summed E-state index contributed by atoms with van der Waals surface area (Å²) in [5.41, 5.74) is 13.6. The van der Waals surface area contributed by atoms with E-state index in [9.17, 15) is 69.4 Å². The number of hydrogen-bond acceptors (Lipinski definition) is 32. The Kier molecular flexibility index (Phi) is 35.4. The molecule has 10 rings (SSSR count). The molecule has 680 valence electrons. The number of carbonyl (C=O) groups is 8.